The fourth-order valence-corrected chi connectivity index (χ4v) is 1.67. The monoisotopic (exact) mass is 210 g/mol. The van der Waals surface area contributed by atoms with Gasteiger partial charge in [0.25, 0.3) is 0 Å². The van der Waals surface area contributed by atoms with Crippen molar-refractivity contribution in [1.29, 1.82) is 0 Å². The van der Waals surface area contributed by atoms with Crippen LogP contribution in [0.15, 0.2) is 11.8 Å². The van der Waals surface area contributed by atoms with Crippen LogP contribution in [0, 0.1) is 5.92 Å². The number of carbonyl (C=O) groups is 1. The first kappa shape index (κ1) is 12.1. The van der Waals surface area contributed by atoms with Crippen molar-refractivity contribution in [2.45, 2.75) is 46.0 Å². The van der Waals surface area contributed by atoms with Crippen LogP contribution in [-0.2, 0) is 0 Å². The maximum atomic E-state index is 11.3. The molecule has 0 heterocycles. The highest BCUT2D eigenvalue weighted by atomic mass is 16.2. The van der Waals surface area contributed by atoms with Crippen LogP contribution in [0.1, 0.15) is 46.0 Å². The smallest absolute Gasteiger partial charge is 0.318 e. The maximum absolute atomic E-state index is 11.3. The topological polar surface area (TPSA) is 41.1 Å². The molecule has 1 rings (SSSR count). The zero-order valence-corrected chi connectivity index (χ0v) is 9.81. The highest BCUT2D eigenvalue weighted by Gasteiger charge is 2.06. The molecule has 0 aromatic heterocycles. The Morgan fingerprint density at radius 2 is 2.07 bits per heavy atom. The van der Waals surface area contributed by atoms with Crippen LogP contribution in [0.4, 0.5) is 4.79 Å². The van der Waals surface area contributed by atoms with Crippen LogP contribution in [0.3, 0.4) is 0 Å². The summed E-state index contributed by atoms with van der Waals surface area (Å²) in [5.41, 5.74) is 1.37. The molecular formula is C12H22N2O. The Balaban J connectivity index is 2.10. The molecule has 86 valence electrons. The Bertz CT molecular complexity index is 226. The second kappa shape index (κ2) is 6.49. The Labute approximate surface area is 92.3 Å². The lowest BCUT2D eigenvalue weighted by Crippen LogP contribution is -2.33. The average molecular weight is 210 g/mol. The molecule has 1 aliphatic carbocycles. The Morgan fingerprint density at radius 1 is 1.40 bits per heavy atom. The minimum atomic E-state index is -0.0740. The van der Waals surface area contributed by atoms with E-state index in [-0.39, 0.29) is 6.03 Å². The van der Waals surface area contributed by atoms with Crippen LogP contribution in [0.5, 0.6) is 0 Å². The van der Waals surface area contributed by atoms with Crippen molar-refractivity contribution in [1.82, 2.24) is 10.6 Å². The first-order chi connectivity index (χ1) is 7.18. The third kappa shape index (κ3) is 5.45. The molecule has 0 spiro atoms. The van der Waals surface area contributed by atoms with Gasteiger partial charge in [0.1, 0.15) is 0 Å². The predicted octanol–water partition coefficient (Wildman–Crippen LogP) is 2.79. The van der Waals surface area contributed by atoms with E-state index in [0.29, 0.717) is 5.92 Å². The summed E-state index contributed by atoms with van der Waals surface area (Å²) in [6.07, 6.45) is 7.73. The van der Waals surface area contributed by atoms with Gasteiger partial charge < -0.3 is 10.6 Å². The summed E-state index contributed by atoms with van der Waals surface area (Å²) in [5, 5.41) is 5.63. The highest BCUT2D eigenvalue weighted by molar-refractivity contribution is 5.74. The van der Waals surface area contributed by atoms with E-state index >= 15 is 0 Å². The zero-order chi connectivity index (χ0) is 11.1. The second-order valence-electron chi connectivity index (χ2n) is 4.59. The van der Waals surface area contributed by atoms with Crippen LogP contribution in [0.25, 0.3) is 0 Å². The average Bonchev–Trinajstić information content (AvgIpc) is 2.66. The molecule has 0 atom stereocenters. The fourth-order valence-electron chi connectivity index (χ4n) is 1.67. The lowest BCUT2D eigenvalue weighted by atomic mass is 10.1. The van der Waals surface area contributed by atoms with Gasteiger partial charge in [0.05, 0.1) is 0 Å². The number of rotatable bonds is 4. The molecular weight excluding hydrogens is 188 g/mol. The number of urea groups is 1. The van der Waals surface area contributed by atoms with E-state index in [1.165, 1.54) is 18.4 Å². The van der Waals surface area contributed by atoms with E-state index in [9.17, 15) is 4.79 Å². The van der Waals surface area contributed by atoms with Crippen molar-refractivity contribution >= 4 is 6.03 Å². The molecule has 2 N–H and O–H groups in total. The summed E-state index contributed by atoms with van der Waals surface area (Å²) in [7, 11) is 0. The van der Waals surface area contributed by atoms with Crippen molar-refractivity contribution in [3.63, 3.8) is 0 Å². The van der Waals surface area contributed by atoms with Crippen molar-refractivity contribution in [2.75, 3.05) is 6.54 Å². The van der Waals surface area contributed by atoms with Crippen LogP contribution >= 0.6 is 0 Å². The Morgan fingerprint density at radius 3 is 2.67 bits per heavy atom. The molecule has 3 nitrogen and oxygen atoms in total. The number of hydrogen-bond acceptors (Lipinski definition) is 1. The highest BCUT2D eigenvalue weighted by Crippen LogP contribution is 2.22. The van der Waals surface area contributed by atoms with Crippen molar-refractivity contribution in [2.24, 2.45) is 5.92 Å². The maximum Gasteiger partial charge on any atom is 0.318 e. The molecule has 1 fully saturated rings. The first-order valence-electron chi connectivity index (χ1n) is 5.91. The van der Waals surface area contributed by atoms with E-state index in [0.717, 1.165) is 25.8 Å². The van der Waals surface area contributed by atoms with Crippen LogP contribution < -0.4 is 10.6 Å². The summed E-state index contributed by atoms with van der Waals surface area (Å²) >= 11 is 0. The lowest BCUT2D eigenvalue weighted by Gasteiger charge is -2.07. The van der Waals surface area contributed by atoms with Gasteiger partial charge in [-0.1, -0.05) is 19.4 Å². The lowest BCUT2D eigenvalue weighted by molar-refractivity contribution is 0.243. The van der Waals surface area contributed by atoms with Crippen LogP contribution in [-0.4, -0.2) is 12.6 Å². The standard InChI is InChI=1S/C12H22N2O/c1-10(2)7-8-13-12(15)14-9-11-5-3-4-6-11/h9-10H,3-8H2,1-2H3,(H2,13,14,15). The van der Waals surface area contributed by atoms with Gasteiger partial charge in [-0.05, 0) is 38.0 Å². The number of carbonyl (C=O) groups excluding carboxylic acids is 1. The normalized spacial score (nSPS) is 15.5. The van der Waals surface area contributed by atoms with E-state index in [1.807, 2.05) is 6.20 Å². The van der Waals surface area contributed by atoms with Gasteiger partial charge in [0.2, 0.25) is 0 Å². The third-order valence-electron chi connectivity index (χ3n) is 2.66. The van der Waals surface area contributed by atoms with Crippen molar-refractivity contribution in [3.05, 3.63) is 11.8 Å². The predicted molar refractivity (Wildman–Crippen MR) is 62.5 cm³/mol. The van der Waals surface area contributed by atoms with Gasteiger partial charge in [0, 0.05) is 12.7 Å². The summed E-state index contributed by atoms with van der Waals surface area (Å²) in [4.78, 5) is 11.3. The quantitative estimate of drug-likeness (QED) is 0.736. The molecule has 0 bridgehead atoms. The summed E-state index contributed by atoms with van der Waals surface area (Å²) in [6.45, 7) is 5.06. The molecule has 0 aromatic rings. The molecule has 3 heteroatoms. The van der Waals surface area contributed by atoms with Crippen LogP contribution in [0.2, 0.25) is 0 Å². The van der Waals surface area contributed by atoms with Gasteiger partial charge in [-0.25, -0.2) is 4.79 Å². The summed E-state index contributed by atoms with van der Waals surface area (Å²) in [6, 6.07) is -0.0740. The summed E-state index contributed by atoms with van der Waals surface area (Å²) in [5.74, 6) is 0.637. The van der Waals surface area contributed by atoms with Crippen molar-refractivity contribution < 1.29 is 4.79 Å². The number of allylic oxidation sites excluding steroid dienone is 1. The number of amides is 2. The molecule has 1 saturated carbocycles. The van der Waals surface area contributed by atoms with Gasteiger partial charge in [0.15, 0.2) is 0 Å². The Kier molecular flexibility index (Phi) is 5.22. The first-order valence-corrected chi connectivity index (χ1v) is 5.91. The minimum Gasteiger partial charge on any atom is -0.338 e. The molecule has 15 heavy (non-hydrogen) atoms. The van der Waals surface area contributed by atoms with E-state index in [1.54, 1.807) is 0 Å². The minimum absolute atomic E-state index is 0.0740. The number of hydrogen-bond donors (Lipinski definition) is 2. The molecule has 0 aliphatic heterocycles. The molecule has 0 radical (unpaired) electrons. The van der Waals surface area contributed by atoms with E-state index in [2.05, 4.69) is 24.5 Å². The number of nitrogens with one attached hydrogen (secondary N) is 2. The molecule has 2 amide bonds. The van der Waals surface area contributed by atoms with E-state index in [4.69, 9.17) is 0 Å². The SMILES string of the molecule is CC(C)CCNC(=O)NC=C1CCCC1. The zero-order valence-electron chi connectivity index (χ0n) is 9.81. The second-order valence-corrected chi connectivity index (χ2v) is 4.59. The van der Waals surface area contributed by atoms with Gasteiger partial charge >= 0.3 is 6.03 Å². The molecule has 0 aromatic carbocycles. The van der Waals surface area contributed by atoms with E-state index < -0.39 is 0 Å². The third-order valence-corrected chi connectivity index (χ3v) is 2.66. The van der Waals surface area contributed by atoms with Crippen molar-refractivity contribution in [3.8, 4) is 0 Å². The van der Waals surface area contributed by atoms with Gasteiger partial charge in [-0.15, -0.1) is 0 Å². The summed E-state index contributed by atoms with van der Waals surface area (Å²) < 4.78 is 0. The molecule has 0 unspecified atom stereocenters. The van der Waals surface area contributed by atoms with Gasteiger partial charge in [-0.3, -0.25) is 0 Å². The molecule has 0 saturated heterocycles. The molecule has 1 aliphatic rings. The largest absolute Gasteiger partial charge is 0.338 e. The van der Waals surface area contributed by atoms with Gasteiger partial charge in [-0.2, -0.15) is 0 Å². The Hall–Kier alpha value is -0.990. The fraction of sp³-hybridized carbons (Fsp3) is 0.750.